The van der Waals surface area contributed by atoms with Gasteiger partial charge in [0.1, 0.15) is 5.75 Å². The van der Waals surface area contributed by atoms with Gasteiger partial charge in [0.25, 0.3) is 5.91 Å². The quantitative estimate of drug-likeness (QED) is 0.851. The summed E-state index contributed by atoms with van der Waals surface area (Å²) in [5.41, 5.74) is 0.886. The highest BCUT2D eigenvalue weighted by molar-refractivity contribution is 6.30. The number of nitrogens with one attached hydrogen (secondary N) is 1. The van der Waals surface area contributed by atoms with Crippen LogP contribution in [0.4, 0.5) is 0 Å². The molecule has 0 saturated heterocycles. The second-order valence-corrected chi connectivity index (χ2v) is 6.56. The van der Waals surface area contributed by atoms with Gasteiger partial charge in [-0.1, -0.05) is 23.8 Å². The molecule has 128 valence electrons. The van der Waals surface area contributed by atoms with Gasteiger partial charge in [0.2, 0.25) is 5.91 Å². The van der Waals surface area contributed by atoms with Crippen LogP contribution in [0.2, 0.25) is 5.02 Å². The number of carbonyl (C=O) groups excluding carboxylic acids is 2. The third kappa shape index (κ3) is 4.09. The molecule has 2 amide bonds. The van der Waals surface area contributed by atoms with Crippen molar-refractivity contribution in [2.75, 3.05) is 19.7 Å². The third-order valence-electron chi connectivity index (χ3n) is 4.41. The summed E-state index contributed by atoms with van der Waals surface area (Å²) in [5.74, 6) is 0.726. The lowest BCUT2D eigenvalue weighted by Gasteiger charge is -2.22. The molecule has 0 radical (unpaired) electrons. The number of benzene rings is 1. The molecule has 0 aromatic heterocycles. The summed E-state index contributed by atoms with van der Waals surface area (Å²) >= 11 is 6.02. The molecule has 1 atom stereocenters. The fraction of sp³-hybridized carbons (Fsp3) is 0.444. The normalized spacial score (nSPS) is 20.1. The van der Waals surface area contributed by atoms with Gasteiger partial charge in [-0.3, -0.25) is 9.59 Å². The molecule has 1 N–H and O–H groups in total. The van der Waals surface area contributed by atoms with Crippen molar-refractivity contribution < 1.29 is 14.3 Å². The van der Waals surface area contributed by atoms with Gasteiger partial charge >= 0.3 is 0 Å². The van der Waals surface area contributed by atoms with E-state index >= 15 is 0 Å². The maximum absolute atomic E-state index is 12.2. The van der Waals surface area contributed by atoms with Gasteiger partial charge < -0.3 is 15.0 Å². The van der Waals surface area contributed by atoms with E-state index in [1.54, 1.807) is 17.0 Å². The van der Waals surface area contributed by atoms with Crippen LogP contribution in [0.15, 0.2) is 30.4 Å². The highest BCUT2D eigenvalue weighted by Gasteiger charge is 2.22. The number of hydrogen-bond donors (Lipinski definition) is 1. The van der Waals surface area contributed by atoms with E-state index in [-0.39, 0.29) is 24.3 Å². The van der Waals surface area contributed by atoms with Gasteiger partial charge in [0.05, 0.1) is 0 Å². The average molecular weight is 349 g/mol. The summed E-state index contributed by atoms with van der Waals surface area (Å²) in [6.45, 7) is 1.36. The Morgan fingerprint density at radius 2 is 2.25 bits per heavy atom. The molecular weight excluding hydrogens is 328 g/mol. The number of nitrogens with zero attached hydrogens (tertiary/aromatic N) is 1. The van der Waals surface area contributed by atoms with E-state index in [9.17, 15) is 9.59 Å². The lowest BCUT2D eigenvalue weighted by molar-refractivity contribution is -0.133. The highest BCUT2D eigenvalue weighted by atomic mass is 35.5. The summed E-state index contributed by atoms with van der Waals surface area (Å²) in [7, 11) is 0. The zero-order valence-corrected chi connectivity index (χ0v) is 14.2. The van der Waals surface area contributed by atoms with Crippen molar-refractivity contribution >= 4 is 23.4 Å². The van der Waals surface area contributed by atoms with Gasteiger partial charge in [-0.15, -0.1) is 0 Å². The molecule has 1 aromatic rings. The number of halogens is 1. The minimum absolute atomic E-state index is 0.00992. The van der Waals surface area contributed by atoms with Crippen molar-refractivity contribution in [1.29, 1.82) is 0 Å². The Balaban J connectivity index is 1.55. The summed E-state index contributed by atoms with van der Waals surface area (Å²) in [6.07, 6.45) is 6.82. The molecule has 0 spiro atoms. The number of hydrogen-bond acceptors (Lipinski definition) is 3. The third-order valence-corrected chi connectivity index (χ3v) is 4.64. The fourth-order valence-electron chi connectivity index (χ4n) is 3.03. The van der Waals surface area contributed by atoms with E-state index in [4.69, 9.17) is 16.3 Å². The Bertz CT molecular complexity index is 660. The fourth-order valence-corrected chi connectivity index (χ4v) is 3.23. The Labute approximate surface area is 146 Å². The molecule has 3 rings (SSSR count). The molecule has 0 saturated carbocycles. The number of amides is 2. The smallest absolute Gasteiger partial charge is 0.260 e. The minimum atomic E-state index is -0.0860. The van der Waals surface area contributed by atoms with E-state index in [0.29, 0.717) is 30.4 Å². The molecule has 2 aliphatic rings. The van der Waals surface area contributed by atoms with Crippen LogP contribution in [0.5, 0.6) is 5.75 Å². The average Bonchev–Trinajstić information content (AvgIpc) is 2.75. The van der Waals surface area contributed by atoms with Crippen molar-refractivity contribution in [3.05, 3.63) is 40.9 Å². The maximum Gasteiger partial charge on any atom is 0.260 e. The van der Waals surface area contributed by atoms with E-state index in [1.165, 1.54) is 0 Å². The highest BCUT2D eigenvalue weighted by Crippen LogP contribution is 2.26. The molecule has 5 nitrogen and oxygen atoms in total. The first-order chi connectivity index (χ1) is 11.6. The topological polar surface area (TPSA) is 58.6 Å². The number of fused-ring (bicyclic) bond motifs is 1. The van der Waals surface area contributed by atoms with Crippen molar-refractivity contribution in [3.63, 3.8) is 0 Å². The van der Waals surface area contributed by atoms with E-state index in [2.05, 4.69) is 17.5 Å². The van der Waals surface area contributed by atoms with E-state index < -0.39 is 0 Å². The first kappa shape index (κ1) is 16.8. The number of rotatable bonds is 4. The zero-order valence-electron chi connectivity index (χ0n) is 13.5. The maximum atomic E-state index is 12.2. The largest absolute Gasteiger partial charge is 0.483 e. The number of allylic oxidation sites excluding steroid dienone is 2. The molecule has 1 aliphatic carbocycles. The standard InChI is InChI=1S/C18H21ClN2O3/c19-15-6-7-16-14(10-15)11-21(17(22)12-24-16)9-8-20-18(23)13-4-2-1-3-5-13/h1-2,6-7,10,13H,3-5,8-9,11-12H2,(H,20,23). The Morgan fingerprint density at radius 3 is 3.04 bits per heavy atom. The second-order valence-electron chi connectivity index (χ2n) is 6.13. The van der Waals surface area contributed by atoms with Crippen molar-refractivity contribution in [2.45, 2.75) is 25.8 Å². The lowest BCUT2D eigenvalue weighted by atomic mass is 9.94. The van der Waals surface area contributed by atoms with Gasteiger partial charge in [0.15, 0.2) is 6.61 Å². The molecule has 0 fully saturated rings. The van der Waals surface area contributed by atoms with Crippen molar-refractivity contribution in [2.24, 2.45) is 5.92 Å². The SMILES string of the molecule is O=C(NCCN1Cc2cc(Cl)ccc2OCC1=O)C1CC=CCC1. The first-order valence-corrected chi connectivity index (χ1v) is 8.63. The molecule has 6 heteroatoms. The molecule has 1 unspecified atom stereocenters. The van der Waals surface area contributed by atoms with E-state index in [0.717, 1.165) is 24.8 Å². The predicted molar refractivity (Wildman–Crippen MR) is 91.9 cm³/mol. The summed E-state index contributed by atoms with van der Waals surface area (Å²) < 4.78 is 5.52. The van der Waals surface area contributed by atoms with Crippen LogP contribution in [0, 0.1) is 5.92 Å². The van der Waals surface area contributed by atoms with Crippen LogP contribution in [0.1, 0.15) is 24.8 Å². The Hall–Kier alpha value is -2.01. The monoisotopic (exact) mass is 348 g/mol. The summed E-state index contributed by atoms with van der Waals surface area (Å²) in [6, 6.07) is 5.35. The van der Waals surface area contributed by atoms with Gasteiger partial charge in [-0.25, -0.2) is 0 Å². The second kappa shape index (κ2) is 7.71. The molecule has 1 heterocycles. The number of carbonyl (C=O) groups is 2. The number of ether oxygens (including phenoxy) is 1. The molecule has 1 aromatic carbocycles. The molecule has 1 aliphatic heterocycles. The van der Waals surface area contributed by atoms with Crippen LogP contribution in [-0.2, 0) is 16.1 Å². The first-order valence-electron chi connectivity index (χ1n) is 8.25. The molecule has 24 heavy (non-hydrogen) atoms. The van der Waals surface area contributed by atoms with Crippen molar-refractivity contribution in [1.82, 2.24) is 10.2 Å². The van der Waals surface area contributed by atoms with Crippen LogP contribution in [0.25, 0.3) is 0 Å². The van der Waals surface area contributed by atoms with Gasteiger partial charge in [-0.05, 0) is 37.5 Å². The van der Waals surface area contributed by atoms with Crippen LogP contribution >= 0.6 is 11.6 Å². The van der Waals surface area contributed by atoms with Crippen LogP contribution in [-0.4, -0.2) is 36.4 Å². The Morgan fingerprint density at radius 1 is 1.38 bits per heavy atom. The van der Waals surface area contributed by atoms with Gasteiger partial charge in [-0.2, -0.15) is 0 Å². The summed E-state index contributed by atoms with van der Waals surface area (Å²) in [5, 5.41) is 3.56. The predicted octanol–water partition coefficient (Wildman–Crippen LogP) is 2.53. The Kier molecular flexibility index (Phi) is 5.41. The zero-order chi connectivity index (χ0) is 16.9. The van der Waals surface area contributed by atoms with Gasteiger partial charge in [0, 0.05) is 36.1 Å². The van der Waals surface area contributed by atoms with Crippen molar-refractivity contribution in [3.8, 4) is 5.75 Å². The minimum Gasteiger partial charge on any atom is -0.483 e. The molecule has 0 bridgehead atoms. The summed E-state index contributed by atoms with van der Waals surface area (Å²) in [4.78, 5) is 26.0. The lowest BCUT2D eigenvalue weighted by Crippen LogP contribution is -2.40. The van der Waals surface area contributed by atoms with E-state index in [1.807, 2.05) is 6.07 Å². The van der Waals surface area contributed by atoms with Crippen LogP contribution < -0.4 is 10.1 Å². The molecular formula is C18H21ClN2O3. The van der Waals surface area contributed by atoms with Crippen LogP contribution in [0.3, 0.4) is 0 Å².